The average Bonchev–Trinajstić information content (AvgIpc) is 3.41. The Bertz CT molecular complexity index is 1020. The van der Waals surface area contributed by atoms with E-state index >= 15 is 0 Å². The molecule has 0 aliphatic heterocycles. The molecule has 0 spiro atoms. The molecule has 144 valence electrons. The fourth-order valence-electron chi connectivity index (χ4n) is 2.94. The van der Waals surface area contributed by atoms with Crippen LogP contribution >= 0.6 is 34.8 Å². The lowest BCUT2D eigenvalue weighted by Gasteiger charge is -2.20. The number of carbonyl (C=O) groups is 1. The summed E-state index contributed by atoms with van der Waals surface area (Å²) in [5, 5.41) is 9.60. The van der Waals surface area contributed by atoms with Crippen LogP contribution in [0.2, 0.25) is 15.1 Å². The number of aromatic nitrogens is 2. The van der Waals surface area contributed by atoms with Gasteiger partial charge in [0.25, 0.3) is 0 Å². The van der Waals surface area contributed by atoms with Gasteiger partial charge in [-0.1, -0.05) is 53.0 Å². The van der Waals surface area contributed by atoms with E-state index in [1.54, 1.807) is 29.2 Å². The molecule has 1 saturated carbocycles. The van der Waals surface area contributed by atoms with E-state index in [0.717, 1.165) is 18.4 Å². The number of benzene rings is 2. The van der Waals surface area contributed by atoms with Crippen molar-refractivity contribution in [1.82, 2.24) is 15.1 Å². The maximum Gasteiger partial charge on any atom is 0.249 e. The van der Waals surface area contributed by atoms with Crippen LogP contribution in [0.1, 0.15) is 24.3 Å². The fourth-order valence-corrected chi connectivity index (χ4v) is 3.48. The Morgan fingerprint density at radius 2 is 1.82 bits per heavy atom. The highest BCUT2D eigenvalue weighted by Crippen LogP contribution is 2.31. The third-order valence-corrected chi connectivity index (χ3v) is 5.59. The second-order valence-corrected chi connectivity index (χ2v) is 7.88. The zero-order valence-corrected chi connectivity index (χ0v) is 17.0. The molecule has 0 radical (unpaired) electrons. The fraction of sp³-hybridized carbons (Fsp3) is 0.250. The monoisotopic (exact) mass is 435 g/mol. The average molecular weight is 437 g/mol. The van der Waals surface area contributed by atoms with E-state index in [-0.39, 0.29) is 24.9 Å². The van der Waals surface area contributed by atoms with Crippen LogP contribution < -0.4 is 0 Å². The number of nitrogens with zero attached hydrogens (tertiary/aromatic N) is 3. The molecular weight excluding hydrogens is 421 g/mol. The standard InChI is InChI=1S/C20H16Cl3N3O2/c21-15-4-2-1-3-14(15)20-25-24-18(28-20)11-26(13-6-7-13)19(27)10-12-5-8-16(22)17(23)9-12/h1-5,8-9,13H,6-7,10-11H2. The lowest BCUT2D eigenvalue weighted by atomic mass is 10.1. The van der Waals surface area contributed by atoms with Gasteiger partial charge in [0.05, 0.1) is 33.6 Å². The molecule has 1 amide bonds. The minimum absolute atomic E-state index is 0.0154. The summed E-state index contributed by atoms with van der Waals surface area (Å²) < 4.78 is 5.76. The molecule has 1 aliphatic carbocycles. The first-order valence-corrected chi connectivity index (χ1v) is 9.95. The van der Waals surface area contributed by atoms with Crippen molar-refractivity contribution in [1.29, 1.82) is 0 Å². The zero-order valence-electron chi connectivity index (χ0n) is 14.7. The Morgan fingerprint density at radius 3 is 2.54 bits per heavy atom. The molecule has 0 saturated heterocycles. The van der Waals surface area contributed by atoms with Crippen molar-refractivity contribution in [3.05, 3.63) is 69.0 Å². The molecule has 0 unspecified atom stereocenters. The summed E-state index contributed by atoms with van der Waals surface area (Å²) in [5.41, 5.74) is 1.48. The number of halogens is 3. The summed E-state index contributed by atoms with van der Waals surface area (Å²) in [6.45, 7) is 0.266. The van der Waals surface area contributed by atoms with Crippen LogP contribution in [0.4, 0.5) is 0 Å². The second-order valence-electron chi connectivity index (χ2n) is 6.66. The van der Waals surface area contributed by atoms with Gasteiger partial charge in [-0.2, -0.15) is 0 Å². The lowest BCUT2D eigenvalue weighted by molar-refractivity contribution is -0.132. The van der Waals surface area contributed by atoms with Gasteiger partial charge >= 0.3 is 0 Å². The van der Waals surface area contributed by atoms with Crippen molar-refractivity contribution in [3.63, 3.8) is 0 Å². The number of hydrogen-bond donors (Lipinski definition) is 0. The van der Waals surface area contributed by atoms with Crippen LogP contribution in [0, 0.1) is 0 Å². The maximum absolute atomic E-state index is 12.9. The van der Waals surface area contributed by atoms with Gasteiger partial charge in [0, 0.05) is 6.04 Å². The molecule has 1 aliphatic rings. The molecule has 5 nitrogen and oxygen atoms in total. The largest absolute Gasteiger partial charge is 0.419 e. The number of hydrogen-bond acceptors (Lipinski definition) is 4. The lowest BCUT2D eigenvalue weighted by Crippen LogP contribution is -2.34. The van der Waals surface area contributed by atoms with Crippen LogP contribution in [0.15, 0.2) is 46.9 Å². The molecular formula is C20H16Cl3N3O2. The first-order valence-electron chi connectivity index (χ1n) is 8.82. The van der Waals surface area contributed by atoms with E-state index in [1.165, 1.54) is 0 Å². The molecule has 0 atom stereocenters. The van der Waals surface area contributed by atoms with Gasteiger partial charge < -0.3 is 9.32 Å². The first-order chi connectivity index (χ1) is 13.5. The molecule has 2 aromatic carbocycles. The van der Waals surface area contributed by atoms with Crippen LogP contribution in [-0.2, 0) is 17.8 Å². The van der Waals surface area contributed by atoms with Crippen LogP contribution in [0.3, 0.4) is 0 Å². The SMILES string of the molecule is O=C(Cc1ccc(Cl)c(Cl)c1)N(Cc1nnc(-c2ccccc2Cl)o1)C1CC1. The van der Waals surface area contributed by atoms with E-state index in [4.69, 9.17) is 39.2 Å². The van der Waals surface area contributed by atoms with Crippen molar-refractivity contribution in [2.45, 2.75) is 31.8 Å². The van der Waals surface area contributed by atoms with Gasteiger partial charge in [-0.05, 0) is 42.7 Å². The van der Waals surface area contributed by atoms with Gasteiger partial charge in [-0.3, -0.25) is 4.79 Å². The Hall–Kier alpha value is -2.08. The maximum atomic E-state index is 12.9. The van der Waals surface area contributed by atoms with Gasteiger partial charge in [-0.15, -0.1) is 10.2 Å². The van der Waals surface area contributed by atoms with Crippen LogP contribution in [0.25, 0.3) is 11.5 Å². The minimum Gasteiger partial charge on any atom is -0.419 e. The van der Waals surface area contributed by atoms with Crippen LogP contribution in [-0.4, -0.2) is 27.0 Å². The van der Waals surface area contributed by atoms with E-state index in [0.29, 0.717) is 32.4 Å². The molecule has 8 heteroatoms. The second kappa shape index (κ2) is 8.11. The number of carbonyl (C=O) groups excluding carboxylic acids is 1. The third-order valence-electron chi connectivity index (χ3n) is 4.52. The van der Waals surface area contributed by atoms with Gasteiger partial charge in [0.2, 0.25) is 17.7 Å². The van der Waals surface area contributed by atoms with Crippen LogP contribution in [0.5, 0.6) is 0 Å². The van der Waals surface area contributed by atoms with Crippen molar-refractivity contribution < 1.29 is 9.21 Å². The Balaban J connectivity index is 1.49. The molecule has 1 fully saturated rings. The van der Waals surface area contributed by atoms with Gasteiger partial charge in [0.15, 0.2) is 0 Å². The van der Waals surface area contributed by atoms with E-state index in [2.05, 4.69) is 10.2 Å². The molecule has 28 heavy (non-hydrogen) atoms. The first kappa shape index (κ1) is 19.2. The highest BCUT2D eigenvalue weighted by atomic mass is 35.5. The summed E-state index contributed by atoms with van der Waals surface area (Å²) in [5.74, 6) is 0.705. The Kier molecular flexibility index (Phi) is 5.58. The summed E-state index contributed by atoms with van der Waals surface area (Å²) in [4.78, 5) is 14.6. The van der Waals surface area contributed by atoms with Gasteiger partial charge in [0.1, 0.15) is 0 Å². The van der Waals surface area contributed by atoms with E-state index in [1.807, 2.05) is 18.2 Å². The molecule has 1 aromatic heterocycles. The Labute approximate surface area is 177 Å². The highest BCUT2D eigenvalue weighted by Gasteiger charge is 2.33. The molecule has 0 N–H and O–H groups in total. The summed E-state index contributed by atoms with van der Waals surface area (Å²) >= 11 is 18.2. The number of rotatable bonds is 6. The minimum atomic E-state index is -0.0154. The van der Waals surface area contributed by atoms with Gasteiger partial charge in [-0.25, -0.2) is 0 Å². The Morgan fingerprint density at radius 1 is 1.04 bits per heavy atom. The molecule has 3 aromatic rings. The zero-order chi connectivity index (χ0) is 19.7. The van der Waals surface area contributed by atoms with Crippen molar-refractivity contribution in [3.8, 4) is 11.5 Å². The summed E-state index contributed by atoms with van der Waals surface area (Å²) in [6.07, 6.45) is 2.18. The van der Waals surface area contributed by atoms with E-state index in [9.17, 15) is 4.79 Å². The van der Waals surface area contributed by atoms with E-state index < -0.39 is 0 Å². The smallest absolute Gasteiger partial charge is 0.249 e. The molecule has 4 rings (SSSR count). The normalized spacial score (nSPS) is 13.5. The summed E-state index contributed by atoms with van der Waals surface area (Å²) in [6, 6.07) is 12.7. The highest BCUT2D eigenvalue weighted by molar-refractivity contribution is 6.42. The third kappa shape index (κ3) is 4.32. The molecule has 0 bridgehead atoms. The molecule has 1 heterocycles. The van der Waals surface area contributed by atoms with Crippen molar-refractivity contribution in [2.24, 2.45) is 0 Å². The van der Waals surface area contributed by atoms with Crippen molar-refractivity contribution >= 4 is 40.7 Å². The number of amides is 1. The van der Waals surface area contributed by atoms with Crippen molar-refractivity contribution in [2.75, 3.05) is 0 Å². The quantitative estimate of drug-likeness (QED) is 0.517. The topological polar surface area (TPSA) is 59.2 Å². The predicted molar refractivity (Wildman–Crippen MR) is 108 cm³/mol. The predicted octanol–water partition coefficient (Wildman–Crippen LogP) is 5.43. The summed E-state index contributed by atoms with van der Waals surface area (Å²) in [7, 11) is 0.